The minimum absolute atomic E-state index is 0. The van der Waals surface area contributed by atoms with Crippen LogP contribution in [0.15, 0.2) is 18.2 Å². The van der Waals surface area contributed by atoms with Crippen LogP contribution in [0, 0.1) is 15.9 Å². The van der Waals surface area contributed by atoms with Crippen LogP contribution >= 0.6 is 12.4 Å². The van der Waals surface area contributed by atoms with Gasteiger partial charge in [0.05, 0.1) is 17.6 Å². The van der Waals surface area contributed by atoms with E-state index in [9.17, 15) is 14.5 Å². The maximum Gasteiger partial charge on any atom is 0.269 e. The molecule has 0 bridgehead atoms. The Labute approximate surface area is 91.3 Å². The van der Waals surface area contributed by atoms with Gasteiger partial charge in [-0.25, -0.2) is 4.39 Å². The summed E-state index contributed by atoms with van der Waals surface area (Å²) in [7, 11) is 0. The second-order valence-corrected chi connectivity index (χ2v) is 2.75. The van der Waals surface area contributed by atoms with Crippen LogP contribution < -0.4 is 5.73 Å². The van der Waals surface area contributed by atoms with Crippen molar-refractivity contribution in [2.24, 2.45) is 5.73 Å². The monoisotopic (exact) mass is 236 g/mol. The molecule has 0 radical (unpaired) electrons. The quantitative estimate of drug-likeness (QED) is 0.609. The van der Waals surface area contributed by atoms with Crippen LogP contribution in [0.2, 0.25) is 0 Å². The van der Waals surface area contributed by atoms with Gasteiger partial charge < -0.3 is 10.8 Å². The molecule has 1 aromatic carbocycles. The van der Waals surface area contributed by atoms with Gasteiger partial charge in [0.2, 0.25) is 0 Å². The number of nitrogens with two attached hydrogens (primary N) is 1. The van der Waals surface area contributed by atoms with E-state index in [2.05, 4.69) is 0 Å². The Kier molecular flexibility index (Phi) is 5.13. The van der Waals surface area contributed by atoms with Gasteiger partial charge in [-0.2, -0.15) is 0 Å². The summed E-state index contributed by atoms with van der Waals surface area (Å²) in [6, 6.07) is 2.09. The Balaban J connectivity index is 0.00000196. The number of nitro benzene ring substituents is 1. The first kappa shape index (κ1) is 13.8. The molecule has 84 valence electrons. The molecule has 0 spiro atoms. The predicted molar refractivity (Wildman–Crippen MR) is 54.3 cm³/mol. The van der Waals surface area contributed by atoms with E-state index in [4.69, 9.17) is 10.8 Å². The van der Waals surface area contributed by atoms with Crippen molar-refractivity contribution in [1.82, 2.24) is 0 Å². The lowest BCUT2D eigenvalue weighted by molar-refractivity contribution is -0.385. The second kappa shape index (κ2) is 5.59. The van der Waals surface area contributed by atoms with E-state index < -0.39 is 23.4 Å². The maximum atomic E-state index is 13.1. The normalized spacial score (nSPS) is 11.7. The van der Waals surface area contributed by atoms with Crippen molar-refractivity contribution in [2.75, 3.05) is 6.61 Å². The van der Waals surface area contributed by atoms with Gasteiger partial charge in [0, 0.05) is 17.7 Å². The molecule has 3 N–H and O–H groups in total. The Hall–Kier alpha value is -1.24. The van der Waals surface area contributed by atoms with Crippen molar-refractivity contribution >= 4 is 18.1 Å². The average molecular weight is 237 g/mol. The highest BCUT2D eigenvalue weighted by molar-refractivity contribution is 5.85. The van der Waals surface area contributed by atoms with Gasteiger partial charge in [0.1, 0.15) is 5.82 Å². The molecule has 7 heteroatoms. The van der Waals surface area contributed by atoms with Gasteiger partial charge in [-0.3, -0.25) is 10.1 Å². The van der Waals surface area contributed by atoms with E-state index in [-0.39, 0.29) is 23.7 Å². The zero-order chi connectivity index (χ0) is 10.7. The summed E-state index contributed by atoms with van der Waals surface area (Å²) in [5.74, 6) is -0.655. The Morgan fingerprint density at radius 2 is 2.20 bits per heavy atom. The molecule has 0 aliphatic heterocycles. The topological polar surface area (TPSA) is 89.4 Å². The van der Waals surface area contributed by atoms with E-state index in [1.165, 1.54) is 0 Å². The van der Waals surface area contributed by atoms with E-state index in [1.807, 2.05) is 0 Å². The van der Waals surface area contributed by atoms with E-state index >= 15 is 0 Å². The van der Waals surface area contributed by atoms with Crippen molar-refractivity contribution in [3.8, 4) is 0 Å². The number of aliphatic hydroxyl groups excluding tert-OH is 1. The number of benzene rings is 1. The highest BCUT2D eigenvalue weighted by Crippen LogP contribution is 2.20. The molecular formula is C8H10ClFN2O3. The molecule has 0 unspecified atom stereocenters. The van der Waals surface area contributed by atoms with Crippen LogP contribution in [0.5, 0.6) is 0 Å². The van der Waals surface area contributed by atoms with Crippen LogP contribution in [0.4, 0.5) is 10.1 Å². The van der Waals surface area contributed by atoms with Gasteiger partial charge >= 0.3 is 0 Å². The molecule has 1 aromatic rings. The SMILES string of the molecule is Cl.N[C@H](CO)c1cc([N+](=O)[O-])ccc1F. The minimum atomic E-state index is -0.935. The number of hydrogen-bond donors (Lipinski definition) is 2. The molecule has 1 rings (SSSR count). The van der Waals surface area contributed by atoms with Crippen LogP contribution in [-0.4, -0.2) is 16.6 Å². The number of hydrogen-bond acceptors (Lipinski definition) is 4. The van der Waals surface area contributed by atoms with Crippen molar-refractivity contribution in [1.29, 1.82) is 0 Å². The van der Waals surface area contributed by atoms with Crippen LogP contribution in [0.25, 0.3) is 0 Å². The third-order valence-electron chi connectivity index (χ3n) is 1.79. The van der Waals surface area contributed by atoms with E-state index in [0.29, 0.717) is 0 Å². The van der Waals surface area contributed by atoms with Crippen molar-refractivity contribution in [2.45, 2.75) is 6.04 Å². The number of aliphatic hydroxyl groups is 1. The van der Waals surface area contributed by atoms with Crippen LogP contribution in [0.1, 0.15) is 11.6 Å². The smallest absolute Gasteiger partial charge is 0.269 e. The number of nitrogens with zero attached hydrogens (tertiary/aromatic N) is 1. The van der Waals surface area contributed by atoms with E-state index in [0.717, 1.165) is 18.2 Å². The second-order valence-electron chi connectivity index (χ2n) is 2.75. The number of non-ortho nitro benzene ring substituents is 1. The first-order valence-corrected chi connectivity index (χ1v) is 3.86. The molecule has 0 fully saturated rings. The Morgan fingerprint density at radius 1 is 1.60 bits per heavy atom. The molecule has 0 aromatic heterocycles. The fourth-order valence-corrected chi connectivity index (χ4v) is 1.03. The summed E-state index contributed by atoms with van der Waals surface area (Å²) < 4.78 is 13.1. The summed E-state index contributed by atoms with van der Waals surface area (Å²) >= 11 is 0. The molecule has 0 saturated carbocycles. The van der Waals surface area contributed by atoms with Crippen LogP contribution in [-0.2, 0) is 0 Å². The van der Waals surface area contributed by atoms with Gasteiger partial charge in [-0.05, 0) is 6.07 Å². The zero-order valence-electron chi connectivity index (χ0n) is 7.59. The summed E-state index contributed by atoms with van der Waals surface area (Å²) in [6.45, 7) is -0.460. The summed E-state index contributed by atoms with van der Waals surface area (Å²) in [4.78, 5) is 9.71. The molecule has 0 aliphatic rings. The largest absolute Gasteiger partial charge is 0.394 e. The number of nitro groups is 1. The first-order valence-electron chi connectivity index (χ1n) is 3.86. The first-order chi connectivity index (χ1) is 6.56. The molecule has 15 heavy (non-hydrogen) atoms. The lowest BCUT2D eigenvalue weighted by Gasteiger charge is -2.08. The fourth-order valence-electron chi connectivity index (χ4n) is 1.03. The highest BCUT2D eigenvalue weighted by Gasteiger charge is 2.15. The molecule has 0 amide bonds. The highest BCUT2D eigenvalue weighted by atomic mass is 35.5. The lowest BCUT2D eigenvalue weighted by Crippen LogP contribution is -2.16. The van der Waals surface area contributed by atoms with Gasteiger partial charge in [-0.1, -0.05) is 0 Å². The third kappa shape index (κ3) is 3.12. The summed E-state index contributed by atoms with van der Waals surface area (Å²) in [5.41, 5.74) is 5.05. The van der Waals surface area contributed by atoms with E-state index in [1.54, 1.807) is 0 Å². The Bertz CT molecular complexity index is 362. The fraction of sp³-hybridized carbons (Fsp3) is 0.250. The van der Waals surface area contributed by atoms with Gasteiger partial charge in [0.25, 0.3) is 5.69 Å². The molecule has 0 heterocycles. The zero-order valence-corrected chi connectivity index (χ0v) is 8.41. The minimum Gasteiger partial charge on any atom is -0.394 e. The van der Waals surface area contributed by atoms with Gasteiger partial charge in [0.15, 0.2) is 0 Å². The molecular weight excluding hydrogens is 227 g/mol. The predicted octanol–water partition coefficient (Wildman–Crippen LogP) is 1.15. The Morgan fingerprint density at radius 3 is 2.67 bits per heavy atom. The third-order valence-corrected chi connectivity index (χ3v) is 1.79. The maximum absolute atomic E-state index is 13.1. The van der Waals surface area contributed by atoms with Crippen LogP contribution in [0.3, 0.4) is 0 Å². The summed E-state index contributed by atoms with van der Waals surface area (Å²) in [6.07, 6.45) is 0. The molecule has 5 nitrogen and oxygen atoms in total. The number of halogens is 2. The van der Waals surface area contributed by atoms with Crippen molar-refractivity contribution in [3.63, 3.8) is 0 Å². The standard InChI is InChI=1S/C8H9FN2O3.ClH/c9-7-2-1-5(11(13)14)3-6(7)8(10)4-12;/h1-3,8,12H,4,10H2;1H/t8-;/m1./s1. The lowest BCUT2D eigenvalue weighted by atomic mass is 10.1. The summed E-state index contributed by atoms with van der Waals surface area (Å²) in [5, 5.41) is 19.0. The number of rotatable bonds is 3. The average Bonchev–Trinajstić information content (AvgIpc) is 2.17. The molecule has 1 atom stereocenters. The molecule has 0 saturated heterocycles. The van der Waals surface area contributed by atoms with Crippen molar-refractivity contribution in [3.05, 3.63) is 39.7 Å². The van der Waals surface area contributed by atoms with Crippen molar-refractivity contribution < 1.29 is 14.4 Å². The van der Waals surface area contributed by atoms with Gasteiger partial charge in [-0.15, -0.1) is 12.4 Å². The molecule has 0 aliphatic carbocycles.